The molecule has 6 heteroatoms. The van der Waals surface area contributed by atoms with Gasteiger partial charge in [-0.15, -0.1) is 0 Å². The minimum atomic E-state index is -0.264. The lowest BCUT2D eigenvalue weighted by atomic mass is 10.1. The summed E-state index contributed by atoms with van der Waals surface area (Å²) in [4.78, 5) is 19.7. The van der Waals surface area contributed by atoms with Crippen LogP contribution in [-0.4, -0.2) is 19.6 Å². The third kappa shape index (κ3) is 2.12. The smallest absolute Gasteiger partial charge is 0.260 e. The molecule has 0 saturated heterocycles. The lowest BCUT2D eigenvalue weighted by molar-refractivity contribution is 0.476. The summed E-state index contributed by atoms with van der Waals surface area (Å²) in [6.07, 6.45) is 5.14. The summed E-state index contributed by atoms with van der Waals surface area (Å²) in [5.74, 6) is 0.606. The number of aromatic hydroxyl groups is 1. The Morgan fingerprint density at radius 1 is 1.26 bits per heavy atom. The third-order valence-electron chi connectivity index (χ3n) is 3.71. The summed E-state index contributed by atoms with van der Waals surface area (Å²) >= 11 is 0. The summed E-state index contributed by atoms with van der Waals surface area (Å²) < 4.78 is 7.09. The Balaban J connectivity index is 2.19. The molecule has 0 saturated carbocycles. The molecule has 1 aromatic carbocycles. The number of benzene rings is 1. The molecule has 0 aliphatic rings. The van der Waals surface area contributed by atoms with Crippen LogP contribution in [0, 0.1) is 6.92 Å². The molecule has 0 radical (unpaired) electrons. The van der Waals surface area contributed by atoms with Crippen LogP contribution in [0.2, 0.25) is 0 Å². The number of aromatic amines is 1. The van der Waals surface area contributed by atoms with Gasteiger partial charge in [0, 0.05) is 24.7 Å². The molecule has 23 heavy (non-hydrogen) atoms. The Bertz CT molecular complexity index is 1060. The molecule has 0 atom stereocenters. The highest BCUT2D eigenvalue weighted by Crippen LogP contribution is 2.31. The number of phenolic OH excluding ortho intramolecular Hbond substituents is 1. The highest BCUT2D eigenvalue weighted by Gasteiger charge is 2.18. The molecule has 0 fully saturated rings. The summed E-state index contributed by atoms with van der Waals surface area (Å²) in [7, 11) is 0. The highest BCUT2D eigenvalue weighted by atomic mass is 16.3. The number of hydrogen-bond acceptors (Lipinski definition) is 4. The molecule has 0 bridgehead atoms. The zero-order valence-corrected chi connectivity index (χ0v) is 12.3. The van der Waals surface area contributed by atoms with E-state index in [0.717, 1.165) is 5.39 Å². The SMILES string of the molecule is Cc1nc(-c2c(-n3cccc3)c3cc(O)ccc3[nH]c2=O)co1. The van der Waals surface area contributed by atoms with E-state index in [2.05, 4.69) is 9.97 Å². The van der Waals surface area contributed by atoms with Crippen molar-refractivity contribution >= 4 is 10.9 Å². The van der Waals surface area contributed by atoms with E-state index in [1.807, 2.05) is 29.1 Å². The van der Waals surface area contributed by atoms with Gasteiger partial charge in [-0.1, -0.05) is 0 Å². The quantitative estimate of drug-likeness (QED) is 0.596. The molecule has 4 rings (SSSR count). The van der Waals surface area contributed by atoms with Crippen molar-refractivity contribution in [2.24, 2.45) is 0 Å². The number of hydrogen-bond donors (Lipinski definition) is 2. The maximum absolute atomic E-state index is 12.6. The van der Waals surface area contributed by atoms with E-state index in [-0.39, 0.29) is 11.3 Å². The maximum atomic E-state index is 12.6. The van der Waals surface area contributed by atoms with E-state index in [1.54, 1.807) is 19.1 Å². The Morgan fingerprint density at radius 2 is 2.04 bits per heavy atom. The van der Waals surface area contributed by atoms with Crippen LogP contribution in [0.3, 0.4) is 0 Å². The van der Waals surface area contributed by atoms with Crippen LogP contribution in [0.4, 0.5) is 0 Å². The van der Waals surface area contributed by atoms with Crippen LogP contribution >= 0.6 is 0 Å². The normalized spacial score (nSPS) is 11.2. The Labute approximate surface area is 130 Å². The van der Waals surface area contributed by atoms with Gasteiger partial charge in [0.1, 0.15) is 17.7 Å². The lowest BCUT2D eigenvalue weighted by Crippen LogP contribution is -2.13. The van der Waals surface area contributed by atoms with Gasteiger partial charge in [0.25, 0.3) is 5.56 Å². The van der Waals surface area contributed by atoms with Gasteiger partial charge in [-0.2, -0.15) is 0 Å². The van der Waals surface area contributed by atoms with Gasteiger partial charge in [0.15, 0.2) is 5.89 Å². The second kappa shape index (κ2) is 4.88. The van der Waals surface area contributed by atoms with Crippen molar-refractivity contribution < 1.29 is 9.52 Å². The largest absolute Gasteiger partial charge is 0.508 e. The van der Waals surface area contributed by atoms with Crippen LogP contribution in [0.25, 0.3) is 27.8 Å². The van der Waals surface area contributed by atoms with Crippen molar-refractivity contribution in [1.82, 2.24) is 14.5 Å². The first-order chi connectivity index (χ1) is 11.1. The molecule has 2 N–H and O–H groups in total. The van der Waals surface area contributed by atoms with Crippen molar-refractivity contribution in [1.29, 1.82) is 0 Å². The van der Waals surface area contributed by atoms with Crippen molar-refractivity contribution in [3.05, 3.63) is 65.2 Å². The molecule has 0 aliphatic heterocycles. The topological polar surface area (TPSA) is 84.0 Å². The fraction of sp³-hybridized carbons (Fsp3) is 0.0588. The van der Waals surface area contributed by atoms with Crippen LogP contribution in [-0.2, 0) is 0 Å². The number of fused-ring (bicyclic) bond motifs is 1. The Kier molecular flexibility index (Phi) is 2.84. The van der Waals surface area contributed by atoms with Gasteiger partial charge in [0.2, 0.25) is 0 Å². The molecule has 114 valence electrons. The van der Waals surface area contributed by atoms with Gasteiger partial charge < -0.3 is 19.1 Å². The minimum absolute atomic E-state index is 0.125. The molecule has 6 nitrogen and oxygen atoms in total. The van der Waals surface area contributed by atoms with E-state index in [4.69, 9.17) is 4.42 Å². The van der Waals surface area contributed by atoms with Crippen molar-refractivity contribution in [3.8, 4) is 22.7 Å². The number of phenols is 1. The van der Waals surface area contributed by atoms with E-state index < -0.39 is 0 Å². The molecule has 0 aliphatic carbocycles. The number of H-pyrrole nitrogens is 1. The summed E-state index contributed by atoms with van der Waals surface area (Å²) in [5.41, 5.74) is 1.88. The number of aromatic nitrogens is 3. The number of aryl methyl sites for hydroxylation is 1. The zero-order valence-electron chi connectivity index (χ0n) is 12.3. The van der Waals surface area contributed by atoms with E-state index in [0.29, 0.717) is 28.4 Å². The lowest BCUT2D eigenvalue weighted by Gasteiger charge is -2.12. The monoisotopic (exact) mass is 307 g/mol. The molecule has 4 aromatic rings. The molecule has 0 unspecified atom stereocenters. The van der Waals surface area contributed by atoms with Gasteiger partial charge >= 0.3 is 0 Å². The number of oxazole rings is 1. The average Bonchev–Trinajstić information content (AvgIpc) is 3.18. The predicted octanol–water partition coefficient (Wildman–Crippen LogP) is 2.99. The summed E-state index contributed by atoms with van der Waals surface area (Å²) in [5, 5.41) is 10.6. The average molecular weight is 307 g/mol. The van der Waals surface area contributed by atoms with Gasteiger partial charge in [0.05, 0.1) is 16.8 Å². The standard InChI is InChI=1S/C17H13N3O3/c1-10-18-14(9-23-10)15-16(20-6-2-3-7-20)12-8-11(21)4-5-13(12)19-17(15)22/h2-9,21H,1H3,(H,19,22). The van der Waals surface area contributed by atoms with Crippen molar-refractivity contribution in [3.63, 3.8) is 0 Å². The predicted molar refractivity (Wildman–Crippen MR) is 85.8 cm³/mol. The van der Waals surface area contributed by atoms with Crippen molar-refractivity contribution in [2.75, 3.05) is 0 Å². The zero-order chi connectivity index (χ0) is 16.0. The first-order valence-electron chi connectivity index (χ1n) is 7.08. The molecular weight excluding hydrogens is 294 g/mol. The second-order valence-corrected chi connectivity index (χ2v) is 5.25. The minimum Gasteiger partial charge on any atom is -0.508 e. The molecule has 3 aromatic heterocycles. The molecular formula is C17H13N3O3. The van der Waals surface area contributed by atoms with Gasteiger partial charge in [-0.05, 0) is 30.3 Å². The Hall–Kier alpha value is -3.28. The molecule has 0 spiro atoms. The summed E-state index contributed by atoms with van der Waals surface area (Å²) in [6.45, 7) is 1.72. The number of nitrogens with zero attached hydrogens (tertiary/aromatic N) is 2. The second-order valence-electron chi connectivity index (χ2n) is 5.25. The summed E-state index contributed by atoms with van der Waals surface area (Å²) in [6, 6.07) is 8.58. The number of nitrogens with one attached hydrogen (secondary N) is 1. The van der Waals surface area contributed by atoms with Crippen LogP contribution < -0.4 is 5.56 Å². The number of rotatable bonds is 2. The Morgan fingerprint density at radius 3 is 2.74 bits per heavy atom. The maximum Gasteiger partial charge on any atom is 0.260 e. The fourth-order valence-corrected chi connectivity index (χ4v) is 2.73. The van der Waals surface area contributed by atoms with Crippen LogP contribution in [0.5, 0.6) is 5.75 Å². The molecule has 0 amide bonds. The third-order valence-corrected chi connectivity index (χ3v) is 3.71. The van der Waals surface area contributed by atoms with Gasteiger partial charge in [-0.3, -0.25) is 4.79 Å². The molecule has 3 heterocycles. The fourth-order valence-electron chi connectivity index (χ4n) is 2.73. The van der Waals surface area contributed by atoms with Crippen LogP contribution in [0.1, 0.15) is 5.89 Å². The van der Waals surface area contributed by atoms with Crippen LogP contribution in [0.15, 0.2) is 58.2 Å². The first kappa shape index (κ1) is 13.4. The van der Waals surface area contributed by atoms with Crippen molar-refractivity contribution in [2.45, 2.75) is 6.92 Å². The van der Waals surface area contributed by atoms with E-state index in [9.17, 15) is 9.90 Å². The van der Waals surface area contributed by atoms with Gasteiger partial charge in [-0.25, -0.2) is 4.98 Å². The highest BCUT2D eigenvalue weighted by molar-refractivity contribution is 5.94. The number of pyridine rings is 1. The van der Waals surface area contributed by atoms with E-state index in [1.165, 1.54) is 12.3 Å². The van der Waals surface area contributed by atoms with E-state index >= 15 is 0 Å². The first-order valence-corrected chi connectivity index (χ1v) is 7.08.